The minimum atomic E-state index is -1.49. The summed E-state index contributed by atoms with van der Waals surface area (Å²) < 4.78 is 0. The third kappa shape index (κ3) is 4.75. The number of Topliss-reactive ketones (excluding diaryl/α,β-unsaturated/α-hetero) is 1. The van der Waals surface area contributed by atoms with Crippen molar-refractivity contribution in [3.63, 3.8) is 0 Å². The van der Waals surface area contributed by atoms with Gasteiger partial charge in [0.1, 0.15) is 0 Å². The second kappa shape index (κ2) is 5.09. The molecule has 13 heavy (non-hydrogen) atoms. The fraction of sp³-hybridized carbons (Fsp3) is 0.500. The molecule has 0 aliphatic heterocycles. The Labute approximate surface area is 74.6 Å². The third-order valence-electron chi connectivity index (χ3n) is 1.27. The van der Waals surface area contributed by atoms with E-state index in [4.69, 9.17) is 22.3 Å². The van der Waals surface area contributed by atoms with Crippen molar-refractivity contribution >= 4 is 17.7 Å². The number of hydrogen-bond acceptors (Lipinski definition) is 4. The van der Waals surface area contributed by atoms with Gasteiger partial charge >= 0.3 is 5.97 Å². The predicted octanol–water partition coefficient (Wildman–Crippen LogP) is -2.37. The molecule has 0 bridgehead atoms. The lowest BCUT2D eigenvalue weighted by atomic mass is 10.1. The van der Waals surface area contributed by atoms with Crippen LogP contribution in [0.1, 0.15) is 6.42 Å². The summed E-state index contributed by atoms with van der Waals surface area (Å²) in [5, 5.41) is 8.33. The van der Waals surface area contributed by atoms with Gasteiger partial charge in [-0.2, -0.15) is 0 Å². The summed E-state index contributed by atoms with van der Waals surface area (Å²) in [5.74, 6) is -2.09. The van der Waals surface area contributed by atoms with E-state index in [2.05, 4.69) is 4.99 Å². The lowest BCUT2D eigenvalue weighted by Gasteiger charge is -2.02. The maximum atomic E-state index is 10.9. The van der Waals surface area contributed by atoms with Crippen LogP contribution < -0.4 is 17.2 Å². The molecule has 7 N–H and O–H groups in total. The molecule has 1 atom stereocenters. The normalized spacial score (nSPS) is 11.8. The summed E-state index contributed by atoms with van der Waals surface area (Å²) in [7, 11) is 0. The Hall–Kier alpha value is -1.63. The Balaban J connectivity index is 3.89. The average Bonchev–Trinajstić information content (AvgIpc) is 2.02. The summed E-state index contributed by atoms with van der Waals surface area (Å²) in [5.41, 5.74) is 15.0. The van der Waals surface area contributed by atoms with Crippen LogP contribution in [0.15, 0.2) is 4.99 Å². The molecule has 0 radical (unpaired) electrons. The van der Waals surface area contributed by atoms with Crippen LogP contribution in [0.25, 0.3) is 0 Å². The number of nitrogens with zero attached hydrogens (tertiary/aromatic N) is 1. The molecule has 7 nitrogen and oxygen atoms in total. The van der Waals surface area contributed by atoms with Gasteiger partial charge in [0.2, 0.25) is 0 Å². The monoisotopic (exact) mass is 188 g/mol. The number of ketones is 1. The van der Waals surface area contributed by atoms with E-state index in [1.807, 2.05) is 0 Å². The van der Waals surface area contributed by atoms with Gasteiger partial charge in [0.15, 0.2) is 17.8 Å². The van der Waals surface area contributed by atoms with E-state index in [1.54, 1.807) is 0 Å². The van der Waals surface area contributed by atoms with E-state index >= 15 is 0 Å². The lowest BCUT2D eigenvalue weighted by Crippen LogP contribution is -2.38. The molecule has 7 heteroatoms. The van der Waals surface area contributed by atoms with E-state index in [1.165, 1.54) is 0 Å². The topological polar surface area (TPSA) is 145 Å². The molecule has 0 aromatic heterocycles. The highest BCUT2D eigenvalue weighted by Gasteiger charge is 2.19. The first kappa shape index (κ1) is 11.4. The number of nitrogens with two attached hydrogens (primary N) is 3. The molecular weight excluding hydrogens is 176 g/mol. The SMILES string of the molecule is NC(N)=NCCC(=O)C(N)C(=O)O. The smallest absolute Gasteiger partial charge is 0.328 e. The maximum Gasteiger partial charge on any atom is 0.328 e. The van der Waals surface area contributed by atoms with Crippen molar-refractivity contribution < 1.29 is 14.7 Å². The zero-order chi connectivity index (χ0) is 10.4. The van der Waals surface area contributed by atoms with Gasteiger partial charge in [-0.15, -0.1) is 0 Å². The van der Waals surface area contributed by atoms with E-state index in [0.717, 1.165) is 0 Å². The van der Waals surface area contributed by atoms with Gasteiger partial charge in [0, 0.05) is 13.0 Å². The van der Waals surface area contributed by atoms with Crippen molar-refractivity contribution in [2.45, 2.75) is 12.5 Å². The van der Waals surface area contributed by atoms with Gasteiger partial charge in [-0.3, -0.25) is 14.6 Å². The summed E-state index contributed by atoms with van der Waals surface area (Å²) in [4.78, 5) is 24.6. The molecule has 0 amide bonds. The summed E-state index contributed by atoms with van der Waals surface area (Å²) >= 11 is 0. The van der Waals surface area contributed by atoms with Crippen molar-refractivity contribution in [3.8, 4) is 0 Å². The Morgan fingerprint density at radius 1 is 1.38 bits per heavy atom. The van der Waals surface area contributed by atoms with Crippen LogP contribution >= 0.6 is 0 Å². The molecule has 0 heterocycles. The van der Waals surface area contributed by atoms with Crippen molar-refractivity contribution in [2.75, 3.05) is 6.54 Å². The molecule has 0 aliphatic carbocycles. The number of carbonyl (C=O) groups is 2. The fourth-order valence-electron chi connectivity index (χ4n) is 0.588. The molecule has 0 aromatic rings. The fourth-order valence-corrected chi connectivity index (χ4v) is 0.588. The second-order valence-electron chi connectivity index (χ2n) is 2.34. The maximum absolute atomic E-state index is 10.9. The van der Waals surface area contributed by atoms with Gasteiger partial charge in [0.25, 0.3) is 0 Å². The van der Waals surface area contributed by atoms with Crippen LogP contribution in [-0.2, 0) is 9.59 Å². The zero-order valence-corrected chi connectivity index (χ0v) is 6.93. The molecule has 74 valence electrons. The van der Waals surface area contributed by atoms with Crippen molar-refractivity contribution in [1.82, 2.24) is 0 Å². The number of rotatable bonds is 5. The molecule has 0 saturated heterocycles. The Bertz CT molecular complexity index is 234. The number of aliphatic imine (C=N–C) groups is 1. The van der Waals surface area contributed by atoms with Crippen molar-refractivity contribution in [2.24, 2.45) is 22.2 Å². The molecule has 0 spiro atoms. The van der Waals surface area contributed by atoms with Gasteiger partial charge in [-0.1, -0.05) is 0 Å². The van der Waals surface area contributed by atoms with E-state index in [0.29, 0.717) is 0 Å². The summed E-state index contributed by atoms with van der Waals surface area (Å²) in [6.45, 7) is 0.0577. The van der Waals surface area contributed by atoms with Crippen LogP contribution in [0.2, 0.25) is 0 Å². The second-order valence-corrected chi connectivity index (χ2v) is 2.34. The van der Waals surface area contributed by atoms with E-state index in [9.17, 15) is 9.59 Å². The molecule has 0 aliphatic rings. The largest absolute Gasteiger partial charge is 0.480 e. The van der Waals surface area contributed by atoms with Crippen molar-refractivity contribution in [1.29, 1.82) is 0 Å². The van der Waals surface area contributed by atoms with Crippen LogP contribution in [0.4, 0.5) is 0 Å². The first-order valence-electron chi connectivity index (χ1n) is 3.51. The van der Waals surface area contributed by atoms with Gasteiger partial charge < -0.3 is 22.3 Å². The molecule has 0 fully saturated rings. The molecule has 1 unspecified atom stereocenters. The number of hydrogen-bond donors (Lipinski definition) is 4. The third-order valence-corrected chi connectivity index (χ3v) is 1.27. The minimum absolute atomic E-state index is 0.0577. The predicted molar refractivity (Wildman–Crippen MR) is 45.9 cm³/mol. The quantitative estimate of drug-likeness (QED) is 0.215. The molecule has 0 saturated carbocycles. The van der Waals surface area contributed by atoms with Gasteiger partial charge in [-0.05, 0) is 0 Å². The molecule has 0 aromatic carbocycles. The summed E-state index contributed by atoms with van der Waals surface area (Å²) in [6, 6.07) is -1.49. The lowest BCUT2D eigenvalue weighted by molar-refractivity contribution is -0.142. The van der Waals surface area contributed by atoms with Crippen LogP contribution in [0.3, 0.4) is 0 Å². The number of carbonyl (C=O) groups excluding carboxylic acids is 1. The highest BCUT2D eigenvalue weighted by molar-refractivity contribution is 6.02. The van der Waals surface area contributed by atoms with Gasteiger partial charge in [-0.25, -0.2) is 0 Å². The number of carboxylic acids is 1. The Kier molecular flexibility index (Phi) is 4.45. The van der Waals surface area contributed by atoms with Gasteiger partial charge in [0.05, 0.1) is 0 Å². The standard InChI is InChI=1S/C6H12N4O3/c7-4(5(12)13)3(11)1-2-10-6(8)9/h4H,1-2,7H2,(H,12,13)(H4,8,9,10). The highest BCUT2D eigenvalue weighted by atomic mass is 16.4. The molecular formula is C6H12N4O3. The van der Waals surface area contributed by atoms with Crippen LogP contribution in [0, 0.1) is 0 Å². The van der Waals surface area contributed by atoms with E-state index < -0.39 is 17.8 Å². The average molecular weight is 188 g/mol. The van der Waals surface area contributed by atoms with Crippen molar-refractivity contribution in [3.05, 3.63) is 0 Å². The number of aliphatic carboxylic acids is 1. The first-order valence-corrected chi connectivity index (χ1v) is 3.51. The first-order chi connectivity index (χ1) is 5.95. The Morgan fingerprint density at radius 2 is 1.92 bits per heavy atom. The molecule has 0 rings (SSSR count). The zero-order valence-electron chi connectivity index (χ0n) is 6.93. The summed E-state index contributed by atoms with van der Waals surface area (Å²) in [6.07, 6.45) is -0.0780. The number of carboxylic acid groups (broad SMARTS) is 1. The number of guanidine groups is 1. The van der Waals surface area contributed by atoms with E-state index in [-0.39, 0.29) is 18.9 Å². The van der Waals surface area contributed by atoms with Crippen LogP contribution in [-0.4, -0.2) is 35.4 Å². The highest BCUT2D eigenvalue weighted by Crippen LogP contribution is 1.90. The van der Waals surface area contributed by atoms with Crippen LogP contribution in [0.5, 0.6) is 0 Å². The minimum Gasteiger partial charge on any atom is -0.480 e. The Morgan fingerprint density at radius 3 is 2.31 bits per heavy atom.